The number of benzene rings is 2. The Kier molecular flexibility index (Phi) is 4.89. The molecule has 2 rings (SSSR count). The maximum absolute atomic E-state index is 11.5. The molecule has 0 aromatic heterocycles. The third-order valence-corrected chi connectivity index (χ3v) is 2.88. The van der Waals surface area contributed by atoms with E-state index >= 15 is 0 Å². The molecule has 1 amide bonds. The number of hydrogen-bond acceptors (Lipinski definition) is 5. The number of nitrogens with zero attached hydrogens (tertiary/aromatic N) is 2. The van der Waals surface area contributed by atoms with Crippen LogP contribution in [0.5, 0.6) is 11.5 Å². The number of nitriles is 1. The largest absolute Gasteiger partial charge is 0.457 e. The smallest absolute Gasteiger partial charge is 0.275 e. The van der Waals surface area contributed by atoms with E-state index < -0.39 is 10.8 Å². The van der Waals surface area contributed by atoms with Gasteiger partial charge in [0.1, 0.15) is 17.9 Å². The molecule has 0 aliphatic carbocycles. The van der Waals surface area contributed by atoms with Gasteiger partial charge >= 0.3 is 0 Å². The molecule has 2 aromatic rings. The van der Waals surface area contributed by atoms with Gasteiger partial charge in [-0.3, -0.25) is 14.9 Å². The summed E-state index contributed by atoms with van der Waals surface area (Å²) in [7, 11) is 0. The molecule has 0 atom stereocenters. The van der Waals surface area contributed by atoms with Gasteiger partial charge in [0.2, 0.25) is 5.91 Å². The van der Waals surface area contributed by atoms with E-state index in [1.54, 1.807) is 18.2 Å². The van der Waals surface area contributed by atoms with Gasteiger partial charge in [0, 0.05) is 12.1 Å². The topological polar surface area (TPSA) is 105 Å². The van der Waals surface area contributed by atoms with Crippen LogP contribution in [0.25, 0.3) is 0 Å². The molecule has 0 aliphatic heterocycles. The zero-order valence-electron chi connectivity index (χ0n) is 12.3. The van der Waals surface area contributed by atoms with Crippen molar-refractivity contribution in [2.45, 2.75) is 13.3 Å². The summed E-state index contributed by atoms with van der Waals surface area (Å²) in [6.07, 6.45) is -0.336. The highest BCUT2D eigenvalue weighted by molar-refractivity contribution is 5.92. The summed E-state index contributed by atoms with van der Waals surface area (Å²) >= 11 is 0. The molecule has 0 aliphatic rings. The zero-order chi connectivity index (χ0) is 16.8. The van der Waals surface area contributed by atoms with Crippen LogP contribution in [-0.2, 0) is 4.79 Å². The molecule has 0 fully saturated rings. The third-order valence-electron chi connectivity index (χ3n) is 2.88. The van der Waals surface area contributed by atoms with E-state index in [0.29, 0.717) is 5.75 Å². The first kappa shape index (κ1) is 16.0. The highest BCUT2D eigenvalue weighted by Gasteiger charge is 2.13. The van der Waals surface area contributed by atoms with Crippen LogP contribution in [0.2, 0.25) is 0 Å². The van der Waals surface area contributed by atoms with Crippen molar-refractivity contribution in [2.75, 3.05) is 5.32 Å². The standard InChI is InChI=1S/C16H13N3O4/c1-11-2-4-14(5-3-11)23-15-9-12(18-16(20)6-7-17)8-13(10-15)19(21)22/h2-5,8-10H,6H2,1H3,(H,18,20). The second-order valence-corrected chi connectivity index (χ2v) is 4.77. The van der Waals surface area contributed by atoms with E-state index in [4.69, 9.17) is 10.00 Å². The first-order chi connectivity index (χ1) is 11.0. The lowest BCUT2D eigenvalue weighted by molar-refractivity contribution is -0.384. The third kappa shape index (κ3) is 4.54. The average Bonchev–Trinajstić information content (AvgIpc) is 2.49. The van der Waals surface area contributed by atoms with Gasteiger partial charge in [-0.1, -0.05) is 17.7 Å². The molecule has 0 bridgehead atoms. The van der Waals surface area contributed by atoms with Crippen LogP contribution in [-0.4, -0.2) is 10.8 Å². The number of aryl methyl sites for hydroxylation is 1. The predicted molar refractivity (Wildman–Crippen MR) is 83.2 cm³/mol. The Bertz CT molecular complexity index is 779. The van der Waals surface area contributed by atoms with Crippen LogP contribution in [0.3, 0.4) is 0 Å². The fourth-order valence-corrected chi connectivity index (χ4v) is 1.84. The molecule has 7 nitrogen and oxygen atoms in total. The number of ether oxygens (including phenoxy) is 1. The van der Waals surface area contributed by atoms with Gasteiger partial charge in [0.25, 0.3) is 5.69 Å². The predicted octanol–water partition coefficient (Wildman–Crippen LogP) is 3.55. The maximum Gasteiger partial charge on any atom is 0.275 e. The fourth-order valence-electron chi connectivity index (χ4n) is 1.84. The van der Waals surface area contributed by atoms with Crippen LogP contribution in [0, 0.1) is 28.4 Å². The van der Waals surface area contributed by atoms with Crippen molar-refractivity contribution in [1.82, 2.24) is 0 Å². The number of amides is 1. The highest BCUT2D eigenvalue weighted by atomic mass is 16.6. The Hall–Kier alpha value is -3.40. The van der Waals surface area contributed by atoms with Crippen LogP contribution in [0.15, 0.2) is 42.5 Å². The van der Waals surface area contributed by atoms with E-state index in [0.717, 1.165) is 5.56 Å². The van der Waals surface area contributed by atoms with E-state index in [-0.39, 0.29) is 23.5 Å². The molecule has 2 aromatic carbocycles. The summed E-state index contributed by atoms with van der Waals surface area (Å²) in [5.41, 5.74) is 1.03. The highest BCUT2D eigenvalue weighted by Crippen LogP contribution is 2.29. The van der Waals surface area contributed by atoms with E-state index in [1.165, 1.54) is 18.2 Å². The number of nitro groups is 1. The van der Waals surface area contributed by atoms with Crippen molar-refractivity contribution in [1.29, 1.82) is 5.26 Å². The minimum absolute atomic E-state index is 0.196. The van der Waals surface area contributed by atoms with Gasteiger partial charge in [-0.25, -0.2) is 0 Å². The average molecular weight is 311 g/mol. The first-order valence-corrected chi connectivity index (χ1v) is 6.69. The lowest BCUT2D eigenvalue weighted by Crippen LogP contribution is -2.10. The van der Waals surface area contributed by atoms with Crippen LogP contribution in [0.1, 0.15) is 12.0 Å². The number of hydrogen-bond donors (Lipinski definition) is 1. The molecule has 7 heteroatoms. The van der Waals surface area contributed by atoms with Gasteiger partial charge in [-0.15, -0.1) is 0 Å². The molecule has 0 radical (unpaired) electrons. The molecule has 0 unspecified atom stereocenters. The van der Waals surface area contributed by atoms with Crippen LogP contribution in [0.4, 0.5) is 11.4 Å². The molecule has 0 heterocycles. The molecule has 1 N–H and O–H groups in total. The molecule has 0 spiro atoms. The van der Waals surface area contributed by atoms with Gasteiger partial charge < -0.3 is 10.1 Å². The van der Waals surface area contributed by atoms with Crippen molar-refractivity contribution in [3.8, 4) is 17.6 Å². The summed E-state index contributed by atoms with van der Waals surface area (Å²) in [5.74, 6) is 0.190. The van der Waals surface area contributed by atoms with Crippen molar-refractivity contribution in [2.24, 2.45) is 0 Å². The molecular weight excluding hydrogens is 298 g/mol. The molecule has 23 heavy (non-hydrogen) atoms. The first-order valence-electron chi connectivity index (χ1n) is 6.69. The number of rotatable bonds is 5. The lowest BCUT2D eigenvalue weighted by atomic mass is 10.2. The van der Waals surface area contributed by atoms with Gasteiger partial charge in [-0.05, 0) is 19.1 Å². The normalized spacial score (nSPS) is 9.74. The quantitative estimate of drug-likeness (QED) is 0.671. The summed E-state index contributed by atoms with van der Waals surface area (Å²) in [4.78, 5) is 21.9. The number of nitrogens with one attached hydrogen (secondary N) is 1. The zero-order valence-corrected chi connectivity index (χ0v) is 12.3. The Balaban J connectivity index is 2.29. The number of anilines is 1. The van der Waals surface area contributed by atoms with Crippen molar-refractivity contribution in [3.05, 3.63) is 58.1 Å². The Morgan fingerprint density at radius 3 is 2.57 bits per heavy atom. The van der Waals surface area contributed by atoms with Crippen LogP contribution < -0.4 is 10.1 Å². The second kappa shape index (κ2) is 7.04. The number of carbonyl (C=O) groups excluding carboxylic acids is 1. The summed E-state index contributed by atoms with van der Waals surface area (Å²) < 4.78 is 5.59. The van der Waals surface area contributed by atoms with E-state index in [2.05, 4.69) is 5.32 Å². The Morgan fingerprint density at radius 1 is 1.26 bits per heavy atom. The van der Waals surface area contributed by atoms with Gasteiger partial charge in [0.05, 0.1) is 22.7 Å². The number of carbonyl (C=O) groups is 1. The van der Waals surface area contributed by atoms with E-state index in [9.17, 15) is 14.9 Å². The van der Waals surface area contributed by atoms with E-state index in [1.807, 2.05) is 19.1 Å². The maximum atomic E-state index is 11.5. The minimum atomic E-state index is -0.581. The number of nitro benzene ring substituents is 1. The summed E-state index contributed by atoms with van der Waals surface area (Å²) in [6, 6.07) is 12.8. The molecule has 0 saturated heterocycles. The molecule has 116 valence electrons. The van der Waals surface area contributed by atoms with Gasteiger partial charge in [0.15, 0.2) is 0 Å². The lowest BCUT2D eigenvalue weighted by Gasteiger charge is -2.09. The SMILES string of the molecule is Cc1ccc(Oc2cc(NC(=O)CC#N)cc([N+](=O)[O-])c2)cc1. The van der Waals surface area contributed by atoms with Gasteiger partial charge in [-0.2, -0.15) is 5.26 Å². The second-order valence-electron chi connectivity index (χ2n) is 4.77. The Morgan fingerprint density at radius 2 is 1.96 bits per heavy atom. The van der Waals surface area contributed by atoms with Crippen molar-refractivity contribution < 1.29 is 14.5 Å². The van der Waals surface area contributed by atoms with Crippen molar-refractivity contribution in [3.63, 3.8) is 0 Å². The Labute approximate surface area is 132 Å². The molecular formula is C16H13N3O4. The van der Waals surface area contributed by atoms with Crippen molar-refractivity contribution >= 4 is 17.3 Å². The number of non-ortho nitro benzene ring substituents is 1. The summed E-state index contributed by atoms with van der Waals surface area (Å²) in [5, 5.41) is 21.9. The van der Waals surface area contributed by atoms with Crippen LogP contribution >= 0.6 is 0 Å². The fraction of sp³-hybridized carbons (Fsp3) is 0.125. The monoisotopic (exact) mass is 311 g/mol. The minimum Gasteiger partial charge on any atom is -0.457 e. The summed E-state index contributed by atoms with van der Waals surface area (Å²) in [6.45, 7) is 1.93. The molecule has 0 saturated carbocycles.